The Balaban J connectivity index is 1.51. The minimum Gasteiger partial charge on any atom is -0.383 e. The molecule has 3 rings (SSSR count). The van der Waals surface area contributed by atoms with Crippen molar-refractivity contribution in [3.63, 3.8) is 0 Å². The SMILES string of the molecule is CC1CC(C)CN(S(=O)(=O)c2ccc(C(=O)NCCNc3ccc([N+](=O)[O-])cc3)cc2)C1. The van der Waals surface area contributed by atoms with Gasteiger partial charge in [0.05, 0.1) is 9.82 Å². The Morgan fingerprint density at radius 1 is 1.03 bits per heavy atom. The third kappa shape index (κ3) is 5.83. The van der Waals surface area contributed by atoms with Crippen LogP contribution in [0.25, 0.3) is 0 Å². The lowest BCUT2D eigenvalue weighted by molar-refractivity contribution is -0.384. The van der Waals surface area contributed by atoms with Crippen molar-refractivity contribution >= 4 is 27.3 Å². The fraction of sp³-hybridized carbons (Fsp3) is 0.409. The van der Waals surface area contributed by atoms with Crippen molar-refractivity contribution in [1.29, 1.82) is 0 Å². The van der Waals surface area contributed by atoms with Crippen LogP contribution in [-0.4, -0.2) is 49.7 Å². The van der Waals surface area contributed by atoms with Crippen LogP contribution in [0, 0.1) is 22.0 Å². The maximum Gasteiger partial charge on any atom is 0.269 e. The fourth-order valence-corrected chi connectivity index (χ4v) is 5.59. The van der Waals surface area contributed by atoms with E-state index < -0.39 is 14.9 Å². The van der Waals surface area contributed by atoms with E-state index in [1.807, 2.05) is 0 Å². The van der Waals surface area contributed by atoms with Gasteiger partial charge in [0.1, 0.15) is 0 Å². The Morgan fingerprint density at radius 2 is 1.62 bits per heavy atom. The molecule has 32 heavy (non-hydrogen) atoms. The van der Waals surface area contributed by atoms with Crippen LogP contribution >= 0.6 is 0 Å². The van der Waals surface area contributed by atoms with Crippen LogP contribution in [0.2, 0.25) is 0 Å². The number of nitrogens with one attached hydrogen (secondary N) is 2. The molecule has 1 aliphatic rings. The van der Waals surface area contributed by atoms with Gasteiger partial charge in [-0.2, -0.15) is 4.31 Å². The summed E-state index contributed by atoms with van der Waals surface area (Å²) >= 11 is 0. The molecule has 0 bridgehead atoms. The molecule has 0 aromatic heterocycles. The summed E-state index contributed by atoms with van der Waals surface area (Å²) in [5.74, 6) is 0.330. The zero-order valence-electron chi connectivity index (χ0n) is 18.2. The Kier molecular flexibility index (Phi) is 7.47. The van der Waals surface area contributed by atoms with Crippen molar-refractivity contribution in [1.82, 2.24) is 9.62 Å². The number of carbonyl (C=O) groups excluding carboxylic acids is 1. The molecule has 2 unspecified atom stereocenters. The molecule has 0 aliphatic carbocycles. The van der Waals surface area contributed by atoms with Crippen molar-refractivity contribution in [2.45, 2.75) is 25.2 Å². The molecule has 172 valence electrons. The lowest BCUT2D eigenvalue weighted by atomic mass is 9.94. The molecule has 0 radical (unpaired) electrons. The molecule has 9 nitrogen and oxygen atoms in total. The van der Waals surface area contributed by atoms with Crippen LogP contribution in [0.4, 0.5) is 11.4 Å². The first kappa shape index (κ1) is 23.7. The molecule has 2 atom stereocenters. The summed E-state index contributed by atoms with van der Waals surface area (Å²) in [4.78, 5) is 22.7. The van der Waals surface area contributed by atoms with Crippen LogP contribution in [-0.2, 0) is 10.0 Å². The third-order valence-electron chi connectivity index (χ3n) is 5.41. The minimum absolute atomic E-state index is 0.0126. The second kappa shape index (κ2) is 10.1. The number of hydrogen-bond acceptors (Lipinski definition) is 6. The topological polar surface area (TPSA) is 122 Å². The van der Waals surface area contributed by atoms with Crippen LogP contribution in [0.15, 0.2) is 53.4 Å². The van der Waals surface area contributed by atoms with Gasteiger partial charge in [-0.3, -0.25) is 14.9 Å². The second-order valence-electron chi connectivity index (χ2n) is 8.28. The summed E-state index contributed by atoms with van der Waals surface area (Å²) in [6.45, 7) is 5.90. The molecule has 0 saturated carbocycles. The monoisotopic (exact) mass is 460 g/mol. The Hall–Kier alpha value is -2.98. The number of anilines is 1. The Morgan fingerprint density at radius 3 is 2.19 bits per heavy atom. The van der Waals surface area contributed by atoms with Crippen molar-refractivity contribution in [2.75, 3.05) is 31.5 Å². The number of benzene rings is 2. The molecule has 1 aliphatic heterocycles. The van der Waals surface area contributed by atoms with Crippen molar-refractivity contribution in [3.8, 4) is 0 Å². The molecule has 1 heterocycles. The van der Waals surface area contributed by atoms with E-state index in [9.17, 15) is 23.3 Å². The number of nitro benzene ring substituents is 1. The summed E-state index contributed by atoms with van der Waals surface area (Å²) in [7, 11) is -3.58. The molecule has 2 aromatic carbocycles. The lowest BCUT2D eigenvalue weighted by Crippen LogP contribution is -2.42. The van der Waals surface area contributed by atoms with Crippen LogP contribution in [0.5, 0.6) is 0 Å². The maximum absolute atomic E-state index is 12.9. The molecule has 2 aromatic rings. The van der Waals surface area contributed by atoms with E-state index in [1.165, 1.54) is 40.7 Å². The van der Waals surface area contributed by atoms with Gasteiger partial charge in [0.2, 0.25) is 10.0 Å². The van der Waals surface area contributed by atoms with Gasteiger partial charge in [-0.15, -0.1) is 0 Å². The van der Waals surface area contributed by atoms with Crippen LogP contribution in [0.3, 0.4) is 0 Å². The highest BCUT2D eigenvalue weighted by atomic mass is 32.2. The number of nitro groups is 1. The summed E-state index contributed by atoms with van der Waals surface area (Å²) in [5.41, 5.74) is 1.10. The number of hydrogen-bond donors (Lipinski definition) is 2. The summed E-state index contributed by atoms with van der Waals surface area (Å²) in [6, 6.07) is 12.0. The van der Waals surface area contributed by atoms with E-state index in [-0.39, 0.29) is 16.5 Å². The lowest BCUT2D eigenvalue weighted by Gasteiger charge is -2.34. The van der Waals surface area contributed by atoms with E-state index >= 15 is 0 Å². The van der Waals surface area contributed by atoms with Crippen molar-refractivity contribution in [2.24, 2.45) is 11.8 Å². The van der Waals surface area contributed by atoms with Gasteiger partial charge in [-0.25, -0.2) is 8.42 Å². The van der Waals surface area contributed by atoms with E-state index in [4.69, 9.17) is 0 Å². The Bertz CT molecular complexity index is 1040. The van der Waals surface area contributed by atoms with E-state index in [0.29, 0.717) is 49.3 Å². The number of nitrogens with zero attached hydrogens (tertiary/aromatic N) is 2. The highest BCUT2D eigenvalue weighted by molar-refractivity contribution is 7.89. The standard InChI is InChI=1S/C22H28N4O5S/c1-16-13-17(2)15-25(14-16)32(30,31)21-9-3-18(4-10-21)22(27)24-12-11-23-19-5-7-20(8-6-19)26(28)29/h3-10,16-17,23H,11-15H2,1-2H3,(H,24,27). The quantitative estimate of drug-likeness (QED) is 0.355. The predicted octanol–water partition coefficient (Wildman–Crippen LogP) is 3.10. The first-order chi connectivity index (χ1) is 15.2. The predicted molar refractivity (Wildman–Crippen MR) is 122 cm³/mol. The summed E-state index contributed by atoms with van der Waals surface area (Å²) < 4.78 is 27.4. The molecule has 10 heteroatoms. The fourth-order valence-electron chi connectivity index (χ4n) is 3.92. The number of carbonyl (C=O) groups is 1. The van der Waals surface area contributed by atoms with Gasteiger partial charge >= 0.3 is 0 Å². The van der Waals surface area contributed by atoms with Gasteiger partial charge in [-0.05, 0) is 54.7 Å². The van der Waals surface area contributed by atoms with Gasteiger partial charge in [-0.1, -0.05) is 13.8 Å². The number of amides is 1. The number of piperidine rings is 1. The first-order valence-electron chi connectivity index (χ1n) is 10.5. The average Bonchev–Trinajstić information content (AvgIpc) is 2.76. The molecular formula is C22H28N4O5S. The van der Waals surface area contributed by atoms with E-state index in [1.54, 1.807) is 12.1 Å². The van der Waals surface area contributed by atoms with Gasteiger partial charge in [0, 0.05) is 49.6 Å². The van der Waals surface area contributed by atoms with Crippen LogP contribution < -0.4 is 10.6 Å². The van der Waals surface area contributed by atoms with Crippen LogP contribution in [0.1, 0.15) is 30.6 Å². The first-order valence-corrected chi connectivity index (χ1v) is 12.0. The maximum atomic E-state index is 12.9. The van der Waals surface area contributed by atoms with Crippen molar-refractivity contribution in [3.05, 3.63) is 64.2 Å². The zero-order chi connectivity index (χ0) is 23.3. The largest absolute Gasteiger partial charge is 0.383 e. The Labute approximate surface area is 188 Å². The summed E-state index contributed by atoms with van der Waals surface area (Å²) in [5, 5.41) is 16.5. The minimum atomic E-state index is -3.58. The highest BCUT2D eigenvalue weighted by Crippen LogP contribution is 2.26. The smallest absolute Gasteiger partial charge is 0.269 e. The molecular weight excluding hydrogens is 432 g/mol. The number of non-ortho nitro benzene ring substituents is 1. The average molecular weight is 461 g/mol. The zero-order valence-corrected chi connectivity index (χ0v) is 19.0. The number of sulfonamides is 1. The second-order valence-corrected chi connectivity index (χ2v) is 10.2. The third-order valence-corrected chi connectivity index (χ3v) is 7.25. The normalized spacial score (nSPS) is 19.3. The highest BCUT2D eigenvalue weighted by Gasteiger charge is 2.31. The van der Waals surface area contributed by atoms with E-state index in [0.717, 1.165) is 6.42 Å². The molecule has 2 N–H and O–H groups in total. The van der Waals surface area contributed by atoms with Gasteiger partial charge < -0.3 is 10.6 Å². The molecule has 0 spiro atoms. The molecule has 1 saturated heterocycles. The number of rotatable bonds is 8. The van der Waals surface area contributed by atoms with Crippen molar-refractivity contribution < 1.29 is 18.1 Å². The van der Waals surface area contributed by atoms with E-state index in [2.05, 4.69) is 24.5 Å². The summed E-state index contributed by atoms with van der Waals surface area (Å²) in [6.07, 6.45) is 1.02. The molecule has 1 fully saturated rings. The molecule has 1 amide bonds. The van der Waals surface area contributed by atoms with Gasteiger partial charge in [0.15, 0.2) is 0 Å². The van der Waals surface area contributed by atoms with Gasteiger partial charge in [0.25, 0.3) is 11.6 Å².